The van der Waals surface area contributed by atoms with Crippen molar-refractivity contribution in [3.63, 3.8) is 0 Å². The number of halogens is 1. The minimum absolute atomic E-state index is 0.272. The van der Waals surface area contributed by atoms with Crippen molar-refractivity contribution in [2.45, 2.75) is 0 Å². The third kappa shape index (κ3) is 2.76. The van der Waals surface area contributed by atoms with Crippen LogP contribution in [0.3, 0.4) is 0 Å². The van der Waals surface area contributed by atoms with E-state index in [4.69, 9.17) is 25.8 Å². The topological polar surface area (TPSA) is 40.6 Å². The minimum atomic E-state index is 0.272. The van der Waals surface area contributed by atoms with Gasteiger partial charge in [-0.3, -0.25) is 0 Å². The molecule has 4 nitrogen and oxygen atoms in total. The Kier molecular flexibility index (Phi) is 3.75. The Bertz CT molecular complexity index is 953. The van der Waals surface area contributed by atoms with Crippen molar-refractivity contribution in [1.29, 1.82) is 0 Å². The largest absolute Gasteiger partial charge is 0.497 e. The van der Waals surface area contributed by atoms with Gasteiger partial charge in [-0.25, -0.2) is 4.98 Å². The fourth-order valence-electron chi connectivity index (χ4n) is 2.59. The first kappa shape index (κ1) is 14.8. The highest BCUT2D eigenvalue weighted by Gasteiger charge is 2.12. The summed E-state index contributed by atoms with van der Waals surface area (Å²) in [5.41, 5.74) is 2.62. The van der Waals surface area contributed by atoms with E-state index in [0.29, 0.717) is 5.02 Å². The average molecular weight is 340 g/mol. The molecule has 1 aliphatic rings. The summed E-state index contributed by atoms with van der Waals surface area (Å²) in [6.07, 6.45) is 3.89. The molecule has 0 fully saturated rings. The van der Waals surface area contributed by atoms with Gasteiger partial charge in [-0.05, 0) is 48.0 Å². The van der Waals surface area contributed by atoms with E-state index >= 15 is 0 Å². The minimum Gasteiger partial charge on any atom is -0.497 e. The smallest absolute Gasteiger partial charge is 0.231 e. The lowest BCUT2D eigenvalue weighted by molar-refractivity contribution is 0.174. The maximum absolute atomic E-state index is 6.38. The van der Waals surface area contributed by atoms with Gasteiger partial charge in [0.05, 0.1) is 23.3 Å². The SMILES string of the molecule is COc1ccc2nc(/C=C/c3ccc4c(c3)OCO4)cc(Cl)c2c1. The summed E-state index contributed by atoms with van der Waals surface area (Å²) in [6.45, 7) is 0.272. The Labute approximate surface area is 144 Å². The average Bonchev–Trinajstić information content (AvgIpc) is 3.07. The molecule has 2 aromatic carbocycles. The summed E-state index contributed by atoms with van der Waals surface area (Å²) in [5.74, 6) is 2.29. The van der Waals surface area contributed by atoms with Gasteiger partial charge >= 0.3 is 0 Å². The number of nitrogens with zero attached hydrogens (tertiary/aromatic N) is 1. The second-order valence-corrected chi connectivity index (χ2v) is 5.77. The molecule has 0 bridgehead atoms. The van der Waals surface area contributed by atoms with Gasteiger partial charge in [0.25, 0.3) is 0 Å². The maximum Gasteiger partial charge on any atom is 0.231 e. The molecular formula is C19H14ClNO3. The lowest BCUT2D eigenvalue weighted by Crippen LogP contribution is -1.92. The van der Waals surface area contributed by atoms with Crippen molar-refractivity contribution in [3.8, 4) is 17.2 Å². The van der Waals surface area contributed by atoms with Gasteiger partial charge in [0.15, 0.2) is 11.5 Å². The Morgan fingerprint density at radius 2 is 1.92 bits per heavy atom. The van der Waals surface area contributed by atoms with Gasteiger partial charge in [0.2, 0.25) is 6.79 Å². The number of hydrogen-bond donors (Lipinski definition) is 0. The first-order chi connectivity index (χ1) is 11.7. The number of aromatic nitrogens is 1. The summed E-state index contributed by atoms with van der Waals surface area (Å²) < 4.78 is 15.9. The predicted molar refractivity (Wildman–Crippen MR) is 94.8 cm³/mol. The summed E-state index contributed by atoms with van der Waals surface area (Å²) in [4.78, 5) is 4.62. The van der Waals surface area contributed by atoms with Crippen LogP contribution in [-0.4, -0.2) is 18.9 Å². The molecule has 24 heavy (non-hydrogen) atoms. The molecule has 120 valence electrons. The molecule has 0 aliphatic carbocycles. The first-order valence-corrected chi connectivity index (χ1v) is 7.83. The van der Waals surface area contributed by atoms with Crippen LogP contribution in [0.25, 0.3) is 23.1 Å². The van der Waals surface area contributed by atoms with Gasteiger partial charge < -0.3 is 14.2 Å². The normalized spacial score (nSPS) is 12.9. The zero-order valence-electron chi connectivity index (χ0n) is 13.0. The molecule has 0 saturated heterocycles. The van der Waals surface area contributed by atoms with Crippen LogP contribution < -0.4 is 14.2 Å². The molecular weight excluding hydrogens is 326 g/mol. The van der Waals surface area contributed by atoms with E-state index in [0.717, 1.165) is 39.4 Å². The molecule has 1 aromatic heterocycles. The molecule has 3 aromatic rings. The Morgan fingerprint density at radius 3 is 2.79 bits per heavy atom. The second-order valence-electron chi connectivity index (χ2n) is 5.36. The molecule has 1 aliphatic heterocycles. The van der Waals surface area contributed by atoms with Crippen LogP contribution in [-0.2, 0) is 0 Å². The van der Waals surface area contributed by atoms with E-state index < -0.39 is 0 Å². The number of hydrogen-bond acceptors (Lipinski definition) is 4. The highest BCUT2D eigenvalue weighted by molar-refractivity contribution is 6.35. The standard InChI is InChI=1S/C19H14ClNO3/c1-22-14-5-6-17-15(10-14)16(20)9-13(21-17)4-2-12-3-7-18-19(8-12)24-11-23-18/h2-10H,11H2,1H3/b4-2+. The quantitative estimate of drug-likeness (QED) is 0.687. The van der Waals surface area contributed by atoms with Crippen molar-refractivity contribution < 1.29 is 14.2 Å². The van der Waals surface area contributed by atoms with Crippen molar-refractivity contribution in [3.05, 3.63) is 58.7 Å². The molecule has 0 atom stereocenters. The van der Waals surface area contributed by atoms with E-state index in [2.05, 4.69) is 4.98 Å². The number of fused-ring (bicyclic) bond motifs is 2. The fraction of sp³-hybridized carbons (Fsp3) is 0.105. The monoisotopic (exact) mass is 339 g/mol. The van der Waals surface area contributed by atoms with Gasteiger partial charge in [-0.15, -0.1) is 0 Å². The zero-order valence-corrected chi connectivity index (χ0v) is 13.7. The number of ether oxygens (including phenoxy) is 3. The zero-order chi connectivity index (χ0) is 16.5. The maximum atomic E-state index is 6.38. The van der Waals surface area contributed by atoms with Crippen LogP contribution in [0.5, 0.6) is 17.2 Å². The molecule has 0 spiro atoms. The number of pyridine rings is 1. The first-order valence-electron chi connectivity index (χ1n) is 7.45. The number of methoxy groups -OCH3 is 1. The van der Waals surface area contributed by atoms with Crippen LogP contribution in [0.1, 0.15) is 11.3 Å². The van der Waals surface area contributed by atoms with Crippen LogP contribution >= 0.6 is 11.6 Å². The second kappa shape index (κ2) is 6.06. The van der Waals surface area contributed by atoms with E-state index in [1.165, 1.54) is 0 Å². The summed E-state index contributed by atoms with van der Waals surface area (Å²) >= 11 is 6.38. The molecule has 0 unspecified atom stereocenters. The third-order valence-corrected chi connectivity index (χ3v) is 4.14. The van der Waals surface area contributed by atoms with Crippen molar-refractivity contribution in [1.82, 2.24) is 4.98 Å². The van der Waals surface area contributed by atoms with Crippen LogP contribution in [0.4, 0.5) is 0 Å². The lowest BCUT2D eigenvalue weighted by atomic mass is 10.1. The van der Waals surface area contributed by atoms with Crippen molar-refractivity contribution in [2.75, 3.05) is 13.9 Å². The van der Waals surface area contributed by atoms with Gasteiger partial charge in [-0.1, -0.05) is 23.7 Å². The Balaban J connectivity index is 1.66. The van der Waals surface area contributed by atoms with Crippen LogP contribution in [0, 0.1) is 0 Å². The molecule has 0 saturated carbocycles. The number of benzene rings is 2. The Morgan fingerprint density at radius 1 is 1.04 bits per heavy atom. The van der Waals surface area contributed by atoms with E-state index in [1.807, 2.05) is 54.6 Å². The van der Waals surface area contributed by atoms with E-state index in [1.54, 1.807) is 7.11 Å². The number of rotatable bonds is 3. The predicted octanol–water partition coefficient (Wildman–Crippen LogP) is 4.80. The highest BCUT2D eigenvalue weighted by atomic mass is 35.5. The van der Waals surface area contributed by atoms with Crippen LogP contribution in [0.15, 0.2) is 42.5 Å². The molecule has 0 radical (unpaired) electrons. The van der Waals surface area contributed by atoms with Crippen molar-refractivity contribution in [2.24, 2.45) is 0 Å². The molecule has 0 amide bonds. The van der Waals surface area contributed by atoms with Gasteiger partial charge in [0.1, 0.15) is 5.75 Å². The van der Waals surface area contributed by atoms with E-state index in [9.17, 15) is 0 Å². The summed E-state index contributed by atoms with van der Waals surface area (Å²) in [7, 11) is 1.63. The molecule has 4 rings (SSSR count). The molecule has 2 heterocycles. The van der Waals surface area contributed by atoms with Gasteiger partial charge in [-0.2, -0.15) is 0 Å². The van der Waals surface area contributed by atoms with Gasteiger partial charge in [0, 0.05) is 5.39 Å². The van der Waals surface area contributed by atoms with E-state index in [-0.39, 0.29) is 6.79 Å². The Hall–Kier alpha value is -2.72. The highest BCUT2D eigenvalue weighted by Crippen LogP contribution is 2.33. The summed E-state index contributed by atoms with van der Waals surface area (Å²) in [5, 5.41) is 1.51. The lowest BCUT2D eigenvalue weighted by Gasteiger charge is -2.05. The third-order valence-electron chi connectivity index (χ3n) is 3.83. The fourth-order valence-corrected chi connectivity index (χ4v) is 2.86. The molecule has 5 heteroatoms. The summed E-state index contributed by atoms with van der Waals surface area (Å²) in [6, 6.07) is 13.3. The van der Waals surface area contributed by atoms with Crippen molar-refractivity contribution >= 4 is 34.7 Å². The molecule has 0 N–H and O–H groups in total. The van der Waals surface area contributed by atoms with Crippen LogP contribution in [0.2, 0.25) is 5.02 Å².